The van der Waals surface area contributed by atoms with Gasteiger partial charge in [-0.15, -0.1) is 0 Å². The van der Waals surface area contributed by atoms with Crippen LogP contribution in [0.1, 0.15) is 22.3 Å². The number of fused-ring (bicyclic) bond motifs is 2. The summed E-state index contributed by atoms with van der Waals surface area (Å²) in [6, 6.07) is 21.3. The third kappa shape index (κ3) is 4.01. The molecule has 1 aliphatic heterocycles. The van der Waals surface area contributed by atoms with Crippen LogP contribution in [0.25, 0.3) is 11.0 Å². The predicted molar refractivity (Wildman–Crippen MR) is 126 cm³/mol. The molecule has 1 aliphatic rings. The predicted octanol–water partition coefficient (Wildman–Crippen LogP) is 4.19. The molecule has 0 atom stereocenters. The summed E-state index contributed by atoms with van der Waals surface area (Å²) >= 11 is 0. The van der Waals surface area contributed by atoms with Crippen LogP contribution in [0, 0.1) is 0 Å². The molecule has 1 N–H and O–H groups in total. The van der Waals surface area contributed by atoms with Gasteiger partial charge in [0.25, 0.3) is 15.9 Å². The van der Waals surface area contributed by atoms with Crippen molar-refractivity contribution in [2.45, 2.75) is 17.7 Å². The lowest BCUT2D eigenvalue weighted by Gasteiger charge is -2.30. The van der Waals surface area contributed by atoms with Crippen molar-refractivity contribution in [2.24, 2.45) is 0 Å². The molecule has 0 fully saturated rings. The minimum atomic E-state index is -3.83. The molecular weight excluding hydrogens is 440 g/mol. The van der Waals surface area contributed by atoms with E-state index in [1.807, 2.05) is 24.3 Å². The number of aryl methyl sites for hydroxylation is 1. The van der Waals surface area contributed by atoms with Crippen molar-refractivity contribution >= 4 is 38.3 Å². The Hall–Kier alpha value is -3.91. The zero-order chi connectivity index (χ0) is 23.0. The number of hydrogen-bond donors (Lipinski definition) is 1. The van der Waals surface area contributed by atoms with Gasteiger partial charge in [0.1, 0.15) is 5.58 Å². The number of nitrogens with zero attached hydrogens (tertiary/aromatic N) is 1. The number of benzene rings is 3. The number of anilines is 2. The van der Waals surface area contributed by atoms with Crippen molar-refractivity contribution in [3.8, 4) is 0 Å². The van der Waals surface area contributed by atoms with Crippen LogP contribution in [0.3, 0.4) is 0 Å². The molecule has 0 spiro atoms. The highest BCUT2D eigenvalue weighted by atomic mass is 32.2. The van der Waals surface area contributed by atoms with Crippen LogP contribution in [0.2, 0.25) is 0 Å². The largest absolute Gasteiger partial charge is 0.423 e. The molecule has 0 unspecified atom stereocenters. The molecular formula is C25H20N2O5S. The van der Waals surface area contributed by atoms with E-state index < -0.39 is 21.6 Å². The summed E-state index contributed by atoms with van der Waals surface area (Å²) in [5, 5.41) is 3.43. The first kappa shape index (κ1) is 21.0. The van der Waals surface area contributed by atoms with Crippen LogP contribution in [-0.4, -0.2) is 20.9 Å². The van der Waals surface area contributed by atoms with Crippen molar-refractivity contribution < 1.29 is 17.6 Å². The van der Waals surface area contributed by atoms with E-state index in [0.717, 1.165) is 18.4 Å². The molecule has 3 aromatic carbocycles. The lowest BCUT2D eigenvalue weighted by molar-refractivity contribution is 0.102. The highest BCUT2D eigenvalue weighted by Crippen LogP contribution is 2.32. The van der Waals surface area contributed by atoms with Gasteiger partial charge < -0.3 is 9.73 Å². The molecule has 1 aromatic heterocycles. The second kappa shape index (κ2) is 8.22. The number of nitrogens with one attached hydrogen (secondary N) is 1. The Bertz CT molecular complexity index is 1540. The van der Waals surface area contributed by atoms with E-state index in [2.05, 4.69) is 5.32 Å². The molecule has 0 saturated carbocycles. The highest BCUT2D eigenvalue weighted by Gasteiger charge is 2.29. The van der Waals surface area contributed by atoms with E-state index in [1.165, 1.54) is 22.5 Å². The van der Waals surface area contributed by atoms with E-state index in [0.29, 0.717) is 28.9 Å². The van der Waals surface area contributed by atoms with Crippen LogP contribution < -0.4 is 15.2 Å². The van der Waals surface area contributed by atoms with Crippen LogP contribution >= 0.6 is 0 Å². The van der Waals surface area contributed by atoms with Gasteiger partial charge in [-0.05, 0) is 66.9 Å². The van der Waals surface area contributed by atoms with E-state index in [1.54, 1.807) is 36.4 Å². The normalized spacial score (nSPS) is 13.5. The number of carbonyl (C=O) groups excluding carboxylic acids is 1. The Labute approximate surface area is 190 Å². The molecule has 4 aromatic rings. The van der Waals surface area contributed by atoms with Crippen LogP contribution in [0.5, 0.6) is 0 Å². The number of para-hydroxylation sites is 1. The maximum atomic E-state index is 13.4. The van der Waals surface area contributed by atoms with E-state index >= 15 is 0 Å². The van der Waals surface area contributed by atoms with Gasteiger partial charge in [-0.1, -0.05) is 24.3 Å². The first-order chi connectivity index (χ1) is 15.9. The van der Waals surface area contributed by atoms with Crippen molar-refractivity contribution in [2.75, 3.05) is 16.2 Å². The van der Waals surface area contributed by atoms with Crippen molar-refractivity contribution in [3.05, 3.63) is 100 Å². The van der Waals surface area contributed by atoms with Gasteiger partial charge in [-0.2, -0.15) is 0 Å². The molecule has 2 heterocycles. The van der Waals surface area contributed by atoms with Crippen LogP contribution in [-0.2, 0) is 16.4 Å². The highest BCUT2D eigenvalue weighted by molar-refractivity contribution is 7.92. The molecule has 0 saturated heterocycles. The van der Waals surface area contributed by atoms with E-state index in [-0.39, 0.29) is 10.5 Å². The SMILES string of the molecule is O=C(Nc1ccc2oc(=O)ccc2c1)c1cccc(S(=O)(=O)N2CCCc3ccccc32)c1. The standard InChI is InChI=1S/C25H20N2O5S/c28-24-13-10-18-15-20(11-12-23(18)32-24)26-25(29)19-6-3-8-21(16-19)33(30,31)27-14-4-7-17-5-1-2-9-22(17)27/h1-3,5-6,8-13,15-16H,4,7,14H2,(H,26,29). The lowest BCUT2D eigenvalue weighted by atomic mass is 10.0. The average molecular weight is 461 g/mol. The molecule has 33 heavy (non-hydrogen) atoms. The maximum Gasteiger partial charge on any atom is 0.336 e. The molecule has 0 radical (unpaired) electrons. The van der Waals surface area contributed by atoms with E-state index in [4.69, 9.17) is 4.42 Å². The zero-order valence-corrected chi connectivity index (χ0v) is 18.3. The summed E-state index contributed by atoms with van der Waals surface area (Å²) in [6.07, 6.45) is 1.57. The van der Waals surface area contributed by atoms with E-state index in [9.17, 15) is 18.0 Å². The van der Waals surface area contributed by atoms with Gasteiger partial charge in [0.2, 0.25) is 0 Å². The maximum absolute atomic E-state index is 13.4. The Balaban J connectivity index is 1.43. The molecule has 166 valence electrons. The zero-order valence-electron chi connectivity index (χ0n) is 17.5. The molecule has 0 bridgehead atoms. The van der Waals surface area contributed by atoms with Gasteiger partial charge in [0.15, 0.2) is 0 Å². The van der Waals surface area contributed by atoms with Crippen LogP contribution in [0.4, 0.5) is 11.4 Å². The van der Waals surface area contributed by atoms with Crippen molar-refractivity contribution in [3.63, 3.8) is 0 Å². The fraction of sp³-hybridized carbons (Fsp3) is 0.120. The Morgan fingerprint density at radius 3 is 2.67 bits per heavy atom. The minimum Gasteiger partial charge on any atom is -0.423 e. The number of carbonyl (C=O) groups is 1. The third-order valence-electron chi connectivity index (χ3n) is 5.63. The van der Waals surface area contributed by atoms with Crippen molar-refractivity contribution in [1.82, 2.24) is 0 Å². The fourth-order valence-corrected chi connectivity index (χ4v) is 5.61. The summed E-state index contributed by atoms with van der Waals surface area (Å²) in [5.74, 6) is -0.442. The second-order valence-corrected chi connectivity index (χ2v) is 9.66. The summed E-state index contributed by atoms with van der Waals surface area (Å²) < 4.78 is 33.3. The minimum absolute atomic E-state index is 0.0622. The number of amides is 1. The van der Waals surface area contributed by atoms with Gasteiger partial charge in [0, 0.05) is 29.2 Å². The van der Waals surface area contributed by atoms with Gasteiger partial charge in [0.05, 0.1) is 10.6 Å². The van der Waals surface area contributed by atoms with Gasteiger partial charge in [-0.25, -0.2) is 13.2 Å². The Morgan fingerprint density at radius 2 is 1.79 bits per heavy atom. The number of sulfonamides is 1. The summed E-state index contributed by atoms with van der Waals surface area (Å²) in [6.45, 7) is 0.392. The second-order valence-electron chi connectivity index (χ2n) is 7.80. The average Bonchev–Trinajstić information content (AvgIpc) is 2.84. The lowest BCUT2D eigenvalue weighted by Crippen LogP contribution is -2.35. The quantitative estimate of drug-likeness (QED) is 0.461. The Morgan fingerprint density at radius 1 is 0.939 bits per heavy atom. The molecule has 1 amide bonds. The fourth-order valence-electron chi connectivity index (χ4n) is 4.03. The van der Waals surface area contributed by atoms with Crippen molar-refractivity contribution in [1.29, 1.82) is 0 Å². The monoisotopic (exact) mass is 460 g/mol. The molecule has 0 aliphatic carbocycles. The first-order valence-corrected chi connectivity index (χ1v) is 11.9. The molecule has 7 nitrogen and oxygen atoms in total. The topological polar surface area (TPSA) is 96.7 Å². The van der Waals surface area contributed by atoms with Gasteiger partial charge >= 0.3 is 5.63 Å². The third-order valence-corrected chi connectivity index (χ3v) is 7.44. The first-order valence-electron chi connectivity index (χ1n) is 10.5. The Kier molecular flexibility index (Phi) is 5.22. The molecule has 5 rings (SSSR count). The molecule has 8 heteroatoms. The summed E-state index contributed by atoms with van der Waals surface area (Å²) in [4.78, 5) is 24.3. The number of hydrogen-bond acceptors (Lipinski definition) is 5. The van der Waals surface area contributed by atoms with Crippen LogP contribution in [0.15, 0.2) is 93.0 Å². The smallest absolute Gasteiger partial charge is 0.336 e. The van der Waals surface area contributed by atoms with Gasteiger partial charge in [-0.3, -0.25) is 9.10 Å². The summed E-state index contributed by atoms with van der Waals surface area (Å²) in [7, 11) is -3.83. The summed E-state index contributed by atoms with van der Waals surface area (Å²) in [5.41, 5.74) is 2.36. The number of rotatable bonds is 4.